The van der Waals surface area contributed by atoms with Crippen molar-refractivity contribution in [2.24, 2.45) is 16.8 Å². The first-order chi connectivity index (χ1) is 5.33. The molecule has 0 spiro atoms. The lowest BCUT2D eigenvalue weighted by Gasteiger charge is -2.25. The van der Waals surface area contributed by atoms with Crippen LogP contribution >= 0.6 is 12.1 Å². The van der Waals surface area contributed by atoms with Gasteiger partial charge in [0.15, 0.2) is 0 Å². The van der Waals surface area contributed by atoms with E-state index in [1.807, 2.05) is 0 Å². The molecule has 1 rings (SSSR count). The van der Waals surface area contributed by atoms with Gasteiger partial charge in [0.05, 0.1) is 0 Å². The number of nitrogens with two attached hydrogens (primary N) is 2. The maximum Gasteiger partial charge on any atom is 0.00988 e. The van der Waals surface area contributed by atoms with E-state index in [4.69, 9.17) is 10.9 Å². The van der Waals surface area contributed by atoms with Gasteiger partial charge in [-0.25, -0.2) is 0 Å². The van der Waals surface area contributed by atoms with Crippen LogP contribution in [0, 0.1) is 5.92 Å². The lowest BCUT2D eigenvalue weighted by molar-refractivity contribution is 0.328. The van der Waals surface area contributed by atoms with Crippen LogP contribution in [0.5, 0.6) is 0 Å². The molecular formula is C7H17N3S. The van der Waals surface area contributed by atoms with Crippen molar-refractivity contribution in [1.82, 2.24) is 4.72 Å². The zero-order valence-corrected chi connectivity index (χ0v) is 7.57. The van der Waals surface area contributed by atoms with Gasteiger partial charge in [0.1, 0.15) is 0 Å². The predicted octanol–water partition coefficient (Wildman–Crippen LogP) is 0.615. The van der Waals surface area contributed by atoms with Crippen molar-refractivity contribution in [2.45, 2.75) is 31.7 Å². The van der Waals surface area contributed by atoms with Crippen LogP contribution < -0.4 is 15.6 Å². The van der Waals surface area contributed by atoms with Gasteiger partial charge in [-0.15, -0.1) is 0 Å². The summed E-state index contributed by atoms with van der Waals surface area (Å²) in [5.41, 5.74) is 5.78. The fourth-order valence-electron chi connectivity index (χ4n) is 1.56. The number of hydrogen-bond donors (Lipinski definition) is 3. The summed E-state index contributed by atoms with van der Waals surface area (Å²) in [6, 6.07) is 0.455. The SMILES string of the molecule is NSNCC1CCC(N)CC1. The van der Waals surface area contributed by atoms with E-state index in [-0.39, 0.29) is 0 Å². The van der Waals surface area contributed by atoms with Crippen molar-refractivity contribution in [2.75, 3.05) is 6.54 Å². The van der Waals surface area contributed by atoms with Crippen molar-refractivity contribution in [3.63, 3.8) is 0 Å². The van der Waals surface area contributed by atoms with E-state index in [1.54, 1.807) is 0 Å². The Hall–Kier alpha value is 0.230. The van der Waals surface area contributed by atoms with Crippen LogP contribution in [0.4, 0.5) is 0 Å². The van der Waals surface area contributed by atoms with Gasteiger partial charge in [0.25, 0.3) is 0 Å². The second-order valence-electron chi connectivity index (χ2n) is 3.25. The summed E-state index contributed by atoms with van der Waals surface area (Å²) < 4.78 is 3.09. The van der Waals surface area contributed by atoms with Gasteiger partial charge in [-0.3, -0.25) is 9.86 Å². The molecule has 1 fully saturated rings. The van der Waals surface area contributed by atoms with Crippen LogP contribution in [0.15, 0.2) is 0 Å². The fraction of sp³-hybridized carbons (Fsp3) is 1.00. The monoisotopic (exact) mass is 175 g/mol. The third-order valence-electron chi connectivity index (χ3n) is 2.35. The standard InChI is InChI=1S/C7H17N3S/c8-7-3-1-6(2-4-7)5-10-11-9/h6-7,10H,1-5,8-9H2. The molecule has 1 saturated carbocycles. The largest absolute Gasteiger partial charge is 0.328 e. The van der Waals surface area contributed by atoms with Crippen molar-refractivity contribution in [1.29, 1.82) is 0 Å². The molecule has 0 aromatic heterocycles. The molecule has 0 atom stereocenters. The molecule has 0 heterocycles. The maximum atomic E-state index is 5.78. The molecular weight excluding hydrogens is 158 g/mol. The van der Waals surface area contributed by atoms with E-state index in [0.717, 1.165) is 12.5 Å². The van der Waals surface area contributed by atoms with E-state index < -0.39 is 0 Å². The zero-order valence-electron chi connectivity index (χ0n) is 6.75. The minimum absolute atomic E-state index is 0.455. The van der Waals surface area contributed by atoms with Crippen molar-refractivity contribution in [3.05, 3.63) is 0 Å². The van der Waals surface area contributed by atoms with E-state index in [0.29, 0.717) is 6.04 Å². The van der Waals surface area contributed by atoms with Gasteiger partial charge in [0.2, 0.25) is 0 Å². The van der Waals surface area contributed by atoms with Crippen LogP contribution in [0.1, 0.15) is 25.7 Å². The Morgan fingerprint density at radius 3 is 2.45 bits per heavy atom. The molecule has 0 unspecified atom stereocenters. The molecule has 1 aliphatic carbocycles. The van der Waals surface area contributed by atoms with Crippen molar-refractivity contribution >= 4 is 12.1 Å². The normalized spacial score (nSPS) is 32.2. The highest BCUT2D eigenvalue weighted by Gasteiger charge is 2.17. The van der Waals surface area contributed by atoms with E-state index in [2.05, 4.69) is 4.72 Å². The van der Waals surface area contributed by atoms with Crippen LogP contribution in [-0.2, 0) is 0 Å². The third-order valence-corrected chi connectivity index (χ3v) is 2.68. The predicted molar refractivity (Wildman–Crippen MR) is 49.7 cm³/mol. The molecule has 0 aromatic rings. The number of rotatable bonds is 3. The van der Waals surface area contributed by atoms with E-state index >= 15 is 0 Å². The number of hydrogen-bond acceptors (Lipinski definition) is 4. The van der Waals surface area contributed by atoms with Crippen LogP contribution in [0.2, 0.25) is 0 Å². The molecule has 0 aliphatic heterocycles. The maximum absolute atomic E-state index is 5.78. The fourth-order valence-corrected chi connectivity index (χ4v) is 1.89. The van der Waals surface area contributed by atoms with Gasteiger partial charge in [-0.2, -0.15) is 0 Å². The summed E-state index contributed by atoms with van der Waals surface area (Å²) in [6.45, 7) is 1.04. The highest BCUT2D eigenvalue weighted by Crippen LogP contribution is 2.22. The Bertz CT molecular complexity index is 99.1. The Morgan fingerprint density at radius 2 is 1.91 bits per heavy atom. The summed E-state index contributed by atoms with van der Waals surface area (Å²) in [7, 11) is 0. The highest BCUT2D eigenvalue weighted by molar-refractivity contribution is 7.95. The number of nitrogens with one attached hydrogen (secondary N) is 1. The molecule has 0 aromatic carbocycles. The minimum Gasteiger partial charge on any atom is -0.328 e. The van der Waals surface area contributed by atoms with Crippen LogP contribution in [0.25, 0.3) is 0 Å². The Morgan fingerprint density at radius 1 is 1.27 bits per heavy atom. The Kier molecular flexibility index (Phi) is 4.22. The second kappa shape index (κ2) is 4.98. The highest BCUT2D eigenvalue weighted by atomic mass is 32.2. The van der Waals surface area contributed by atoms with Gasteiger partial charge in [0, 0.05) is 24.7 Å². The summed E-state index contributed by atoms with van der Waals surface area (Å²) in [4.78, 5) is 0. The molecule has 0 bridgehead atoms. The third kappa shape index (κ3) is 3.42. The summed E-state index contributed by atoms with van der Waals surface area (Å²) >= 11 is 1.21. The smallest absolute Gasteiger partial charge is 0.00988 e. The average Bonchev–Trinajstić information content (AvgIpc) is 2.04. The molecule has 11 heavy (non-hydrogen) atoms. The quantitative estimate of drug-likeness (QED) is 0.550. The molecule has 0 radical (unpaired) electrons. The Balaban J connectivity index is 2.07. The van der Waals surface area contributed by atoms with E-state index in [9.17, 15) is 0 Å². The molecule has 3 nitrogen and oxygen atoms in total. The zero-order chi connectivity index (χ0) is 8.10. The molecule has 5 N–H and O–H groups in total. The average molecular weight is 175 g/mol. The first kappa shape index (κ1) is 9.32. The van der Waals surface area contributed by atoms with Gasteiger partial charge >= 0.3 is 0 Å². The molecule has 66 valence electrons. The second-order valence-corrected chi connectivity index (χ2v) is 3.77. The minimum atomic E-state index is 0.455. The topological polar surface area (TPSA) is 64.1 Å². The van der Waals surface area contributed by atoms with E-state index in [1.165, 1.54) is 37.8 Å². The summed E-state index contributed by atoms with van der Waals surface area (Å²) in [5, 5.41) is 5.25. The molecule has 1 aliphatic rings. The van der Waals surface area contributed by atoms with Gasteiger partial charge in [-0.05, 0) is 31.6 Å². The molecule has 4 heteroatoms. The van der Waals surface area contributed by atoms with Crippen LogP contribution in [0.3, 0.4) is 0 Å². The molecule has 0 amide bonds. The Labute approximate surface area is 72.5 Å². The van der Waals surface area contributed by atoms with Crippen molar-refractivity contribution in [3.8, 4) is 0 Å². The van der Waals surface area contributed by atoms with Crippen LogP contribution in [-0.4, -0.2) is 12.6 Å². The lowest BCUT2D eigenvalue weighted by atomic mass is 9.87. The van der Waals surface area contributed by atoms with Crippen molar-refractivity contribution < 1.29 is 0 Å². The first-order valence-electron chi connectivity index (χ1n) is 4.17. The van der Waals surface area contributed by atoms with Gasteiger partial charge < -0.3 is 5.73 Å². The first-order valence-corrected chi connectivity index (χ1v) is 5.05. The summed E-state index contributed by atoms with van der Waals surface area (Å²) in [5.74, 6) is 0.797. The summed E-state index contributed by atoms with van der Waals surface area (Å²) in [6.07, 6.45) is 4.88. The molecule has 0 saturated heterocycles. The van der Waals surface area contributed by atoms with Gasteiger partial charge in [-0.1, -0.05) is 0 Å². The lowest BCUT2D eigenvalue weighted by Crippen LogP contribution is -2.30.